The lowest BCUT2D eigenvalue weighted by Crippen LogP contribution is -2.40. The molecule has 10 heteroatoms. The van der Waals surface area contributed by atoms with Crippen LogP contribution in [0.1, 0.15) is 41.7 Å². The molecule has 0 unspecified atom stereocenters. The second-order valence-corrected chi connectivity index (χ2v) is 8.54. The van der Waals surface area contributed by atoms with Crippen molar-refractivity contribution in [2.24, 2.45) is 0 Å². The average Bonchev–Trinajstić information content (AvgIpc) is 3.29. The maximum Gasteiger partial charge on any atom is 0.337 e. The van der Waals surface area contributed by atoms with Crippen molar-refractivity contribution in [3.05, 3.63) is 65.7 Å². The number of halogens is 3. The predicted molar refractivity (Wildman–Crippen MR) is 122 cm³/mol. The number of aromatic nitrogens is 3. The van der Waals surface area contributed by atoms with E-state index in [0.717, 1.165) is 0 Å². The van der Waals surface area contributed by atoms with E-state index in [9.17, 15) is 23.1 Å². The highest BCUT2D eigenvalue weighted by atomic mass is 19.3. The second kappa shape index (κ2) is 8.19. The average molecular weight is 469 g/mol. The van der Waals surface area contributed by atoms with Crippen molar-refractivity contribution in [3.63, 3.8) is 0 Å². The molecule has 2 aromatic carbocycles. The molecule has 5 rings (SSSR count). The molecule has 34 heavy (non-hydrogen) atoms. The van der Waals surface area contributed by atoms with E-state index in [2.05, 4.69) is 15.5 Å². The Morgan fingerprint density at radius 1 is 1.15 bits per heavy atom. The quantitative estimate of drug-likeness (QED) is 0.422. The van der Waals surface area contributed by atoms with E-state index in [0.29, 0.717) is 33.5 Å². The standard InChI is InChI=1S/C24H22F3N5O2/c1-14(29-20-5-3-2-4-16(20)23(33)34)17-10-15(25)11-19-18(17)12-21(32-13-28-30-22(19)32)31-8-6-24(26,27)7-9-31/h2-5,10-14,29H,6-9H2,1H3,(H,33,34)/t14-/m1/s1. The van der Waals surface area contributed by atoms with Gasteiger partial charge in [0, 0.05) is 43.0 Å². The SMILES string of the molecule is C[C@@H](Nc1ccccc1C(=O)O)c1cc(F)cc2c1cc(N1CCC(F)(F)CC1)n1cnnc21. The molecule has 1 saturated heterocycles. The number of carbonyl (C=O) groups is 1. The molecule has 2 N–H and O–H groups in total. The molecule has 1 atom stereocenters. The number of alkyl halides is 2. The van der Waals surface area contributed by atoms with Crippen LogP contribution in [-0.2, 0) is 0 Å². The van der Waals surface area contributed by atoms with Gasteiger partial charge in [0.1, 0.15) is 18.0 Å². The van der Waals surface area contributed by atoms with Crippen LogP contribution in [0, 0.1) is 5.82 Å². The van der Waals surface area contributed by atoms with Gasteiger partial charge in [0.2, 0.25) is 0 Å². The molecule has 1 aliphatic rings. The first kappa shape index (κ1) is 22.0. The predicted octanol–water partition coefficient (Wildman–Crippen LogP) is 5.13. The largest absolute Gasteiger partial charge is 0.478 e. The lowest BCUT2D eigenvalue weighted by Gasteiger charge is -2.33. The summed E-state index contributed by atoms with van der Waals surface area (Å²) in [5.74, 6) is -3.59. The molecule has 4 aromatic rings. The van der Waals surface area contributed by atoms with Gasteiger partial charge in [0.15, 0.2) is 5.65 Å². The van der Waals surface area contributed by atoms with Crippen molar-refractivity contribution < 1.29 is 23.1 Å². The van der Waals surface area contributed by atoms with Crippen LogP contribution in [0.25, 0.3) is 16.4 Å². The van der Waals surface area contributed by atoms with Crippen molar-refractivity contribution in [2.75, 3.05) is 23.3 Å². The lowest BCUT2D eigenvalue weighted by atomic mass is 9.98. The first-order chi connectivity index (χ1) is 16.2. The summed E-state index contributed by atoms with van der Waals surface area (Å²) in [6.07, 6.45) is 0.982. The molecule has 3 heterocycles. The molecule has 0 spiro atoms. The molecule has 0 amide bonds. The summed E-state index contributed by atoms with van der Waals surface area (Å²) in [6, 6.07) is 10.6. The summed E-state index contributed by atoms with van der Waals surface area (Å²) >= 11 is 0. The van der Waals surface area contributed by atoms with Gasteiger partial charge in [-0.05, 0) is 48.2 Å². The normalized spacial score (nSPS) is 16.6. The zero-order valence-electron chi connectivity index (χ0n) is 18.3. The van der Waals surface area contributed by atoms with Crippen molar-refractivity contribution in [2.45, 2.75) is 31.7 Å². The minimum absolute atomic E-state index is 0.102. The van der Waals surface area contributed by atoms with Gasteiger partial charge >= 0.3 is 5.97 Å². The summed E-state index contributed by atoms with van der Waals surface area (Å²) in [4.78, 5) is 13.5. The van der Waals surface area contributed by atoms with E-state index in [1.165, 1.54) is 24.5 Å². The van der Waals surface area contributed by atoms with E-state index in [-0.39, 0.29) is 31.5 Å². The fourth-order valence-corrected chi connectivity index (χ4v) is 4.54. The van der Waals surface area contributed by atoms with Gasteiger partial charge in [-0.1, -0.05) is 12.1 Å². The van der Waals surface area contributed by atoms with Gasteiger partial charge in [-0.15, -0.1) is 10.2 Å². The monoisotopic (exact) mass is 469 g/mol. The number of hydrogen-bond donors (Lipinski definition) is 2. The second-order valence-electron chi connectivity index (χ2n) is 8.54. The highest BCUT2D eigenvalue weighted by molar-refractivity contribution is 5.99. The summed E-state index contributed by atoms with van der Waals surface area (Å²) in [5.41, 5.74) is 1.51. The van der Waals surface area contributed by atoms with E-state index >= 15 is 0 Å². The van der Waals surface area contributed by atoms with Crippen LogP contribution in [0.3, 0.4) is 0 Å². The Morgan fingerprint density at radius 3 is 2.62 bits per heavy atom. The van der Waals surface area contributed by atoms with Gasteiger partial charge in [0.05, 0.1) is 5.56 Å². The van der Waals surface area contributed by atoms with Crippen molar-refractivity contribution >= 4 is 33.9 Å². The zero-order valence-corrected chi connectivity index (χ0v) is 18.3. The van der Waals surface area contributed by atoms with E-state index in [1.807, 2.05) is 17.9 Å². The number of nitrogens with one attached hydrogen (secondary N) is 1. The minimum Gasteiger partial charge on any atom is -0.478 e. The number of para-hydroxylation sites is 1. The van der Waals surface area contributed by atoms with Crippen LogP contribution >= 0.6 is 0 Å². The number of carboxylic acids is 1. The fourth-order valence-electron chi connectivity index (χ4n) is 4.54. The third kappa shape index (κ3) is 3.89. The molecule has 0 bridgehead atoms. The number of nitrogens with zero attached hydrogens (tertiary/aromatic N) is 4. The number of piperidine rings is 1. The third-order valence-corrected chi connectivity index (χ3v) is 6.30. The van der Waals surface area contributed by atoms with Crippen LogP contribution in [0.2, 0.25) is 0 Å². The van der Waals surface area contributed by atoms with Crippen LogP contribution in [-0.4, -0.2) is 44.7 Å². The number of rotatable bonds is 5. The molecule has 0 saturated carbocycles. The van der Waals surface area contributed by atoms with Gasteiger partial charge < -0.3 is 15.3 Å². The van der Waals surface area contributed by atoms with Gasteiger partial charge in [-0.25, -0.2) is 18.0 Å². The van der Waals surface area contributed by atoms with Crippen molar-refractivity contribution in [1.82, 2.24) is 14.6 Å². The zero-order chi connectivity index (χ0) is 24.0. The van der Waals surface area contributed by atoms with Crippen molar-refractivity contribution in [3.8, 4) is 0 Å². The van der Waals surface area contributed by atoms with Crippen LogP contribution < -0.4 is 10.2 Å². The number of aromatic carboxylic acids is 1. The number of fused-ring (bicyclic) bond motifs is 3. The van der Waals surface area contributed by atoms with Gasteiger partial charge in [-0.2, -0.15) is 0 Å². The molecule has 1 aliphatic heterocycles. The third-order valence-electron chi connectivity index (χ3n) is 6.30. The Hall–Kier alpha value is -3.82. The molecule has 0 aliphatic carbocycles. The van der Waals surface area contributed by atoms with Crippen molar-refractivity contribution in [1.29, 1.82) is 0 Å². The maximum absolute atomic E-state index is 14.7. The molecule has 2 aromatic heterocycles. The lowest BCUT2D eigenvalue weighted by molar-refractivity contribution is -0.0221. The molecular weight excluding hydrogens is 447 g/mol. The van der Waals surface area contributed by atoms with Crippen LogP contribution in [0.5, 0.6) is 0 Å². The Morgan fingerprint density at radius 2 is 1.88 bits per heavy atom. The van der Waals surface area contributed by atoms with E-state index in [1.54, 1.807) is 22.6 Å². The minimum atomic E-state index is -2.69. The molecule has 7 nitrogen and oxygen atoms in total. The van der Waals surface area contributed by atoms with Gasteiger partial charge in [-0.3, -0.25) is 4.40 Å². The molecule has 1 fully saturated rings. The first-order valence-corrected chi connectivity index (χ1v) is 10.9. The topological polar surface area (TPSA) is 82.8 Å². The summed E-state index contributed by atoms with van der Waals surface area (Å²) in [7, 11) is 0. The summed E-state index contributed by atoms with van der Waals surface area (Å²) < 4.78 is 43.9. The summed E-state index contributed by atoms with van der Waals surface area (Å²) in [6.45, 7) is 2.15. The van der Waals surface area contributed by atoms with E-state index < -0.39 is 23.8 Å². The first-order valence-electron chi connectivity index (χ1n) is 10.9. The molecule has 176 valence electrons. The summed E-state index contributed by atoms with van der Waals surface area (Å²) in [5, 5.41) is 22.0. The number of benzene rings is 2. The highest BCUT2D eigenvalue weighted by Gasteiger charge is 2.35. The van der Waals surface area contributed by atoms with Gasteiger partial charge in [0.25, 0.3) is 5.92 Å². The molecular formula is C24H22F3N5O2. The smallest absolute Gasteiger partial charge is 0.337 e. The Labute approximate surface area is 192 Å². The fraction of sp³-hybridized carbons (Fsp3) is 0.292. The number of hydrogen-bond acceptors (Lipinski definition) is 5. The number of carboxylic acid groups (broad SMARTS) is 1. The number of anilines is 2. The highest BCUT2D eigenvalue weighted by Crippen LogP contribution is 2.36. The number of pyridine rings is 1. The van der Waals surface area contributed by atoms with Crippen LogP contribution in [0.4, 0.5) is 24.7 Å². The molecule has 0 radical (unpaired) electrons. The Kier molecular flexibility index (Phi) is 5.30. The Balaban J connectivity index is 1.62. The maximum atomic E-state index is 14.7. The van der Waals surface area contributed by atoms with E-state index in [4.69, 9.17) is 0 Å². The van der Waals surface area contributed by atoms with Crippen LogP contribution in [0.15, 0.2) is 48.8 Å². The Bertz CT molecular complexity index is 1390.